The third-order valence-electron chi connectivity index (χ3n) is 4.84. The van der Waals surface area contributed by atoms with Gasteiger partial charge in [0.1, 0.15) is 11.7 Å². The number of hydrogen-bond donors (Lipinski definition) is 1. The van der Waals surface area contributed by atoms with Gasteiger partial charge in [-0.1, -0.05) is 6.07 Å². The number of rotatable bonds is 3. The molecular formula is C21H29N3O5. The molecular weight excluding hydrogens is 374 g/mol. The van der Waals surface area contributed by atoms with E-state index in [0.717, 1.165) is 29.7 Å². The predicted octanol–water partition coefficient (Wildman–Crippen LogP) is 2.83. The number of cyclic esters (lactones) is 1. The molecule has 0 spiro atoms. The number of aryl methyl sites for hydroxylation is 1. The van der Waals surface area contributed by atoms with E-state index in [1.807, 2.05) is 39.0 Å². The van der Waals surface area contributed by atoms with Crippen molar-refractivity contribution in [3.63, 3.8) is 0 Å². The van der Waals surface area contributed by atoms with Gasteiger partial charge < -0.3 is 19.7 Å². The molecule has 2 aliphatic heterocycles. The summed E-state index contributed by atoms with van der Waals surface area (Å²) in [5.74, 6) is -0.154. The lowest BCUT2D eigenvalue weighted by Gasteiger charge is -2.26. The van der Waals surface area contributed by atoms with E-state index in [4.69, 9.17) is 9.47 Å². The smallest absolute Gasteiger partial charge is 0.414 e. The number of hydrogen-bond acceptors (Lipinski definition) is 5. The van der Waals surface area contributed by atoms with Crippen molar-refractivity contribution in [1.82, 2.24) is 10.2 Å². The van der Waals surface area contributed by atoms with Crippen LogP contribution in [0, 0.1) is 0 Å². The largest absolute Gasteiger partial charge is 0.444 e. The molecule has 3 rings (SSSR count). The van der Waals surface area contributed by atoms with Crippen LogP contribution in [0.4, 0.5) is 15.3 Å². The van der Waals surface area contributed by atoms with Crippen molar-refractivity contribution in [3.8, 4) is 0 Å². The Bertz CT molecular complexity index is 802. The number of anilines is 1. The highest BCUT2D eigenvalue weighted by Crippen LogP contribution is 2.28. The van der Waals surface area contributed by atoms with Crippen molar-refractivity contribution in [2.24, 2.45) is 0 Å². The Hall–Kier alpha value is -2.77. The van der Waals surface area contributed by atoms with Crippen molar-refractivity contribution >= 4 is 23.8 Å². The molecule has 1 N–H and O–H groups in total. The highest BCUT2D eigenvalue weighted by molar-refractivity contribution is 5.90. The summed E-state index contributed by atoms with van der Waals surface area (Å²) in [5.41, 5.74) is 2.41. The van der Waals surface area contributed by atoms with Crippen molar-refractivity contribution < 1.29 is 23.9 Å². The van der Waals surface area contributed by atoms with Crippen LogP contribution in [0.25, 0.3) is 0 Å². The molecule has 29 heavy (non-hydrogen) atoms. The first-order valence-corrected chi connectivity index (χ1v) is 9.95. The third kappa shape index (κ3) is 5.40. The van der Waals surface area contributed by atoms with Crippen LogP contribution in [0.3, 0.4) is 0 Å². The lowest BCUT2D eigenvalue weighted by atomic mass is 10.0. The Balaban J connectivity index is 1.70. The fraction of sp³-hybridized carbons (Fsp3) is 0.571. The number of nitrogens with zero attached hydrogens (tertiary/aromatic N) is 2. The maximum Gasteiger partial charge on any atom is 0.414 e. The highest BCUT2D eigenvalue weighted by Gasteiger charge is 2.33. The molecule has 1 saturated heterocycles. The number of fused-ring (bicyclic) bond motifs is 1. The second-order valence-corrected chi connectivity index (χ2v) is 8.51. The topological polar surface area (TPSA) is 88.2 Å². The molecule has 1 aromatic rings. The van der Waals surface area contributed by atoms with Gasteiger partial charge in [-0.2, -0.15) is 0 Å². The van der Waals surface area contributed by atoms with Crippen molar-refractivity contribution in [2.75, 3.05) is 24.5 Å². The molecule has 1 unspecified atom stereocenters. The van der Waals surface area contributed by atoms with E-state index in [9.17, 15) is 14.4 Å². The maximum atomic E-state index is 12.4. The van der Waals surface area contributed by atoms with E-state index in [2.05, 4.69) is 5.32 Å². The molecule has 0 bridgehead atoms. The van der Waals surface area contributed by atoms with Crippen LogP contribution < -0.4 is 10.2 Å². The normalized spacial score (nSPS) is 19.3. The standard InChI is InChI=1S/C21H29N3O5/c1-14(25)22-11-18-13-24(20(27)28-18)17-8-7-16-12-23(9-5-6-15(16)10-17)19(26)29-21(2,3)4/h7-8,10,18H,5-6,9,11-13H2,1-4H3,(H,22,25). The summed E-state index contributed by atoms with van der Waals surface area (Å²) < 4.78 is 10.9. The Morgan fingerprint density at radius 2 is 2.03 bits per heavy atom. The van der Waals surface area contributed by atoms with Gasteiger partial charge >= 0.3 is 12.2 Å². The van der Waals surface area contributed by atoms with Crippen LogP contribution in [0.2, 0.25) is 0 Å². The quantitative estimate of drug-likeness (QED) is 0.838. The lowest BCUT2D eigenvalue weighted by molar-refractivity contribution is -0.119. The lowest BCUT2D eigenvalue weighted by Crippen LogP contribution is -2.36. The minimum Gasteiger partial charge on any atom is -0.444 e. The van der Waals surface area contributed by atoms with E-state index >= 15 is 0 Å². The van der Waals surface area contributed by atoms with Gasteiger partial charge in [-0.25, -0.2) is 9.59 Å². The number of amides is 3. The minimum absolute atomic E-state index is 0.154. The molecule has 1 aromatic carbocycles. The Kier molecular flexibility index (Phi) is 6.00. The molecule has 1 atom stereocenters. The van der Waals surface area contributed by atoms with Crippen LogP contribution in [0.15, 0.2) is 18.2 Å². The first-order chi connectivity index (χ1) is 13.6. The molecule has 2 aliphatic rings. The third-order valence-corrected chi connectivity index (χ3v) is 4.84. The summed E-state index contributed by atoms with van der Waals surface area (Å²) in [6.07, 6.45) is 0.557. The molecule has 0 aromatic heterocycles. The zero-order chi connectivity index (χ0) is 21.2. The van der Waals surface area contributed by atoms with Gasteiger partial charge in [0.05, 0.1) is 13.1 Å². The van der Waals surface area contributed by atoms with Crippen molar-refractivity contribution in [3.05, 3.63) is 29.3 Å². The molecule has 1 fully saturated rings. The first-order valence-electron chi connectivity index (χ1n) is 9.95. The zero-order valence-corrected chi connectivity index (χ0v) is 17.5. The second-order valence-electron chi connectivity index (χ2n) is 8.51. The van der Waals surface area contributed by atoms with Gasteiger partial charge in [0, 0.05) is 25.7 Å². The number of nitrogens with one attached hydrogen (secondary N) is 1. The Morgan fingerprint density at radius 3 is 2.72 bits per heavy atom. The van der Waals surface area contributed by atoms with Crippen molar-refractivity contribution in [1.29, 1.82) is 0 Å². The van der Waals surface area contributed by atoms with E-state index in [1.165, 1.54) is 6.92 Å². The fourth-order valence-corrected chi connectivity index (χ4v) is 3.49. The van der Waals surface area contributed by atoms with E-state index in [1.54, 1.807) is 9.80 Å². The van der Waals surface area contributed by atoms with Crippen LogP contribution in [-0.2, 0) is 27.2 Å². The van der Waals surface area contributed by atoms with Gasteiger partial charge in [0.25, 0.3) is 0 Å². The molecule has 0 aliphatic carbocycles. The number of benzene rings is 1. The summed E-state index contributed by atoms with van der Waals surface area (Å²) >= 11 is 0. The molecule has 2 heterocycles. The van der Waals surface area contributed by atoms with Crippen LogP contribution in [-0.4, -0.2) is 54.3 Å². The van der Waals surface area contributed by atoms with Crippen LogP contribution >= 0.6 is 0 Å². The molecule has 8 heteroatoms. The minimum atomic E-state index is -0.528. The average molecular weight is 403 g/mol. The van der Waals surface area contributed by atoms with Crippen molar-refractivity contribution in [2.45, 2.75) is 58.8 Å². The van der Waals surface area contributed by atoms with E-state index < -0.39 is 11.7 Å². The summed E-state index contributed by atoms with van der Waals surface area (Å²) in [6.45, 7) is 8.81. The number of carbonyl (C=O) groups is 3. The monoisotopic (exact) mass is 403 g/mol. The number of carbonyl (C=O) groups excluding carboxylic acids is 3. The number of ether oxygens (including phenoxy) is 2. The predicted molar refractivity (Wildman–Crippen MR) is 108 cm³/mol. The summed E-state index contributed by atoms with van der Waals surface area (Å²) in [5, 5.41) is 2.68. The summed E-state index contributed by atoms with van der Waals surface area (Å²) in [7, 11) is 0. The summed E-state index contributed by atoms with van der Waals surface area (Å²) in [6, 6.07) is 5.83. The Morgan fingerprint density at radius 1 is 1.28 bits per heavy atom. The molecule has 8 nitrogen and oxygen atoms in total. The van der Waals surface area contributed by atoms with Gasteiger partial charge in [-0.3, -0.25) is 9.69 Å². The van der Waals surface area contributed by atoms with E-state index in [0.29, 0.717) is 26.2 Å². The fourth-order valence-electron chi connectivity index (χ4n) is 3.49. The SMILES string of the molecule is CC(=O)NCC1CN(c2ccc3c(c2)CCCN(C(=O)OC(C)(C)C)C3)C(=O)O1. The summed E-state index contributed by atoms with van der Waals surface area (Å²) in [4.78, 5) is 39.1. The van der Waals surface area contributed by atoms with Gasteiger partial charge in [0.15, 0.2) is 0 Å². The van der Waals surface area contributed by atoms with Gasteiger partial charge in [-0.05, 0) is 56.9 Å². The second kappa shape index (κ2) is 8.31. The first kappa shape index (κ1) is 21.0. The van der Waals surface area contributed by atoms with Gasteiger partial charge in [-0.15, -0.1) is 0 Å². The maximum absolute atomic E-state index is 12.4. The highest BCUT2D eigenvalue weighted by atomic mass is 16.6. The Labute approximate surface area is 171 Å². The van der Waals surface area contributed by atoms with E-state index in [-0.39, 0.29) is 18.1 Å². The van der Waals surface area contributed by atoms with Crippen LogP contribution in [0.5, 0.6) is 0 Å². The molecule has 0 saturated carbocycles. The van der Waals surface area contributed by atoms with Gasteiger partial charge in [0.2, 0.25) is 5.91 Å². The average Bonchev–Trinajstić information content (AvgIpc) is 2.85. The van der Waals surface area contributed by atoms with Crippen LogP contribution in [0.1, 0.15) is 45.2 Å². The zero-order valence-electron chi connectivity index (χ0n) is 17.5. The molecule has 3 amide bonds. The molecule has 0 radical (unpaired) electrons. The molecule has 158 valence electrons.